The summed E-state index contributed by atoms with van der Waals surface area (Å²) in [6.45, 7) is 6.94. The topological polar surface area (TPSA) is 44.6 Å². The van der Waals surface area contributed by atoms with Gasteiger partial charge in [-0.15, -0.1) is 0 Å². The molecule has 12 heavy (non-hydrogen) atoms. The molecule has 70 valence electrons. The van der Waals surface area contributed by atoms with Crippen LogP contribution in [0.4, 0.5) is 0 Å². The SMILES string of the molecule is C/C(=N\C=C/NCCO)C(C)C. The fourth-order valence-electron chi connectivity index (χ4n) is 0.504. The average Bonchev–Trinajstić information content (AvgIpc) is 2.03. The minimum atomic E-state index is 0.150. The first kappa shape index (κ1) is 11.2. The standard InChI is InChI=1S/C9H18N2O/c1-8(2)9(3)11-5-4-10-6-7-12/h4-5,8,10,12H,6-7H2,1-3H3/b5-4-,11-9+. The van der Waals surface area contributed by atoms with Gasteiger partial charge in [0.15, 0.2) is 0 Å². The first-order chi connectivity index (χ1) is 5.68. The van der Waals surface area contributed by atoms with Crippen molar-refractivity contribution in [2.75, 3.05) is 13.2 Å². The van der Waals surface area contributed by atoms with Gasteiger partial charge in [-0.05, 0) is 12.8 Å². The maximum absolute atomic E-state index is 8.43. The van der Waals surface area contributed by atoms with Crippen molar-refractivity contribution in [3.05, 3.63) is 12.4 Å². The number of hydrogen-bond donors (Lipinski definition) is 2. The van der Waals surface area contributed by atoms with Crippen molar-refractivity contribution >= 4 is 5.71 Å². The van der Waals surface area contributed by atoms with Crippen LogP contribution in [-0.4, -0.2) is 24.0 Å². The quantitative estimate of drug-likeness (QED) is 0.480. The van der Waals surface area contributed by atoms with Crippen LogP contribution < -0.4 is 5.32 Å². The molecule has 0 spiro atoms. The van der Waals surface area contributed by atoms with Crippen molar-refractivity contribution in [1.82, 2.24) is 5.32 Å². The zero-order chi connectivity index (χ0) is 9.40. The van der Waals surface area contributed by atoms with E-state index in [-0.39, 0.29) is 6.61 Å². The highest BCUT2D eigenvalue weighted by atomic mass is 16.3. The third-order valence-corrected chi connectivity index (χ3v) is 1.56. The van der Waals surface area contributed by atoms with E-state index >= 15 is 0 Å². The van der Waals surface area contributed by atoms with E-state index in [9.17, 15) is 0 Å². The lowest BCUT2D eigenvalue weighted by Gasteiger charge is -2.00. The molecule has 0 aliphatic carbocycles. The van der Waals surface area contributed by atoms with E-state index in [1.54, 1.807) is 12.4 Å². The lowest BCUT2D eigenvalue weighted by Crippen LogP contribution is -2.10. The van der Waals surface area contributed by atoms with E-state index in [4.69, 9.17) is 5.11 Å². The van der Waals surface area contributed by atoms with Crippen LogP contribution in [0, 0.1) is 5.92 Å². The van der Waals surface area contributed by atoms with Crippen molar-refractivity contribution in [2.45, 2.75) is 20.8 Å². The molecular formula is C9H18N2O. The lowest BCUT2D eigenvalue weighted by molar-refractivity contribution is 0.298. The van der Waals surface area contributed by atoms with Crippen LogP contribution in [-0.2, 0) is 0 Å². The van der Waals surface area contributed by atoms with Crippen LogP contribution >= 0.6 is 0 Å². The molecule has 0 saturated carbocycles. The highest BCUT2D eigenvalue weighted by Crippen LogP contribution is 1.95. The molecule has 0 aromatic rings. The predicted molar refractivity (Wildman–Crippen MR) is 52.2 cm³/mol. The van der Waals surface area contributed by atoms with Crippen molar-refractivity contribution in [2.24, 2.45) is 10.9 Å². The van der Waals surface area contributed by atoms with Gasteiger partial charge in [0, 0.05) is 24.7 Å². The number of nitrogens with one attached hydrogen (secondary N) is 1. The van der Waals surface area contributed by atoms with Gasteiger partial charge in [0.25, 0.3) is 0 Å². The monoisotopic (exact) mass is 170 g/mol. The summed E-state index contributed by atoms with van der Waals surface area (Å²) in [5, 5.41) is 11.3. The molecule has 0 aromatic carbocycles. The van der Waals surface area contributed by atoms with Gasteiger partial charge in [-0.2, -0.15) is 0 Å². The normalized spacial score (nSPS) is 12.9. The highest BCUT2D eigenvalue weighted by molar-refractivity contribution is 5.84. The molecule has 0 bridgehead atoms. The number of hydrogen-bond acceptors (Lipinski definition) is 3. The number of aliphatic hydroxyl groups is 1. The smallest absolute Gasteiger partial charge is 0.0603 e. The minimum absolute atomic E-state index is 0.150. The minimum Gasteiger partial charge on any atom is -0.395 e. The van der Waals surface area contributed by atoms with E-state index in [0.717, 1.165) is 5.71 Å². The number of aliphatic hydroxyl groups excluding tert-OH is 1. The van der Waals surface area contributed by atoms with Crippen molar-refractivity contribution in [3.63, 3.8) is 0 Å². The Balaban J connectivity index is 3.63. The zero-order valence-corrected chi connectivity index (χ0v) is 8.04. The highest BCUT2D eigenvalue weighted by Gasteiger charge is 1.93. The first-order valence-electron chi connectivity index (χ1n) is 4.22. The van der Waals surface area contributed by atoms with Crippen LogP contribution in [0.15, 0.2) is 17.4 Å². The maximum atomic E-state index is 8.43. The zero-order valence-electron chi connectivity index (χ0n) is 8.04. The molecule has 0 aliphatic heterocycles. The summed E-state index contributed by atoms with van der Waals surface area (Å²) in [6.07, 6.45) is 3.45. The lowest BCUT2D eigenvalue weighted by atomic mass is 10.1. The molecule has 0 aliphatic rings. The Kier molecular flexibility index (Phi) is 6.38. The van der Waals surface area contributed by atoms with Gasteiger partial charge in [0.2, 0.25) is 0 Å². The summed E-state index contributed by atoms with van der Waals surface area (Å²) >= 11 is 0. The Morgan fingerprint density at radius 2 is 2.25 bits per heavy atom. The second-order valence-electron chi connectivity index (χ2n) is 2.92. The molecular weight excluding hydrogens is 152 g/mol. The largest absolute Gasteiger partial charge is 0.395 e. The molecule has 0 amide bonds. The summed E-state index contributed by atoms with van der Waals surface area (Å²) in [5.74, 6) is 0.493. The van der Waals surface area contributed by atoms with E-state index < -0.39 is 0 Å². The van der Waals surface area contributed by atoms with Crippen molar-refractivity contribution in [3.8, 4) is 0 Å². The second-order valence-corrected chi connectivity index (χ2v) is 2.92. The summed E-state index contributed by atoms with van der Waals surface area (Å²) in [5.41, 5.74) is 1.11. The summed E-state index contributed by atoms with van der Waals surface area (Å²) < 4.78 is 0. The van der Waals surface area contributed by atoms with Gasteiger partial charge in [0.05, 0.1) is 6.61 Å². The molecule has 0 fully saturated rings. The maximum Gasteiger partial charge on any atom is 0.0603 e. The fourth-order valence-corrected chi connectivity index (χ4v) is 0.504. The van der Waals surface area contributed by atoms with Gasteiger partial charge in [-0.1, -0.05) is 13.8 Å². The van der Waals surface area contributed by atoms with Gasteiger partial charge in [0.1, 0.15) is 0 Å². The molecule has 3 nitrogen and oxygen atoms in total. The van der Waals surface area contributed by atoms with Crippen molar-refractivity contribution in [1.29, 1.82) is 0 Å². The number of aliphatic imine (C=N–C) groups is 1. The Morgan fingerprint density at radius 3 is 2.75 bits per heavy atom. The second kappa shape index (κ2) is 6.85. The Morgan fingerprint density at radius 1 is 1.58 bits per heavy atom. The number of nitrogens with zero attached hydrogens (tertiary/aromatic N) is 1. The van der Waals surface area contributed by atoms with Gasteiger partial charge >= 0.3 is 0 Å². The molecule has 0 saturated heterocycles. The van der Waals surface area contributed by atoms with Crippen molar-refractivity contribution < 1.29 is 5.11 Å². The van der Waals surface area contributed by atoms with E-state index in [2.05, 4.69) is 24.2 Å². The van der Waals surface area contributed by atoms with Gasteiger partial charge in [-0.25, -0.2) is 0 Å². The van der Waals surface area contributed by atoms with Crippen LogP contribution in [0.5, 0.6) is 0 Å². The molecule has 0 radical (unpaired) electrons. The molecule has 3 heteroatoms. The predicted octanol–water partition coefficient (Wildman–Crippen LogP) is 1.16. The molecule has 0 unspecified atom stereocenters. The van der Waals surface area contributed by atoms with E-state index in [1.165, 1.54) is 0 Å². The molecule has 0 rings (SSSR count). The summed E-state index contributed by atoms with van der Waals surface area (Å²) in [7, 11) is 0. The van der Waals surface area contributed by atoms with Crippen LogP contribution in [0.2, 0.25) is 0 Å². The number of rotatable bonds is 5. The Labute approximate surface area is 74.2 Å². The third-order valence-electron chi connectivity index (χ3n) is 1.56. The van der Waals surface area contributed by atoms with E-state index in [0.29, 0.717) is 12.5 Å². The van der Waals surface area contributed by atoms with Crippen LogP contribution in [0.1, 0.15) is 20.8 Å². The third kappa shape index (κ3) is 5.92. The first-order valence-corrected chi connectivity index (χ1v) is 4.22. The molecule has 0 aromatic heterocycles. The molecule has 2 N–H and O–H groups in total. The fraction of sp³-hybridized carbons (Fsp3) is 0.667. The average molecular weight is 170 g/mol. The Hall–Kier alpha value is -0.830. The summed E-state index contributed by atoms with van der Waals surface area (Å²) in [4.78, 5) is 4.19. The summed E-state index contributed by atoms with van der Waals surface area (Å²) in [6, 6.07) is 0. The molecule has 0 heterocycles. The molecule has 0 atom stereocenters. The van der Waals surface area contributed by atoms with Crippen LogP contribution in [0.25, 0.3) is 0 Å². The van der Waals surface area contributed by atoms with Gasteiger partial charge in [-0.3, -0.25) is 4.99 Å². The van der Waals surface area contributed by atoms with E-state index in [1.807, 2.05) is 6.92 Å². The van der Waals surface area contributed by atoms with Crippen LogP contribution in [0.3, 0.4) is 0 Å². The van der Waals surface area contributed by atoms with Gasteiger partial charge < -0.3 is 10.4 Å². The Bertz CT molecular complexity index is 162.